The second kappa shape index (κ2) is 10.2. The lowest BCUT2D eigenvalue weighted by Gasteiger charge is -2.42. The third-order valence-electron chi connectivity index (χ3n) is 3.96. The summed E-state index contributed by atoms with van der Waals surface area (Å²) in [7, 11) is 0. The Morgan fingerprint density at radius 2 is 0.882 bits per heavy atom. The summed E-state index contributed by atoms with van der Waals surface area (Å²) in [5, 5.41) is 8.35. The van der Waals surface area contributed by atoms with Gasteiger partial charge >= 0.3 is 47.6 Å². The molecule has 0 aliphatic carbocycles. The van der Waals surface area contributed by atoms with Crippen molar-refractivity contribution >= 4 is 11.8 Å². The van der Waals surface area contributed by atoms with Crippen molar-refractivity contribution in [1.29, 1.82) is 0 Å². The maximum absolute atomic E-state index is 13.6. The van der Waals surface area contributed by atoms with Crippen LogP contribution in [0.4, 0.5) is 74.6 Å². The van der Waals surface area contributed by atoms with E-state index >= 15 is 0 Å². The number of hydrogen-bond donors (Lipinski definition) is 1. The molecular formula is C14H13F17O2S. The van der Waals surface area contributed by atoms with Gasteiger partial charge in [0.1, 0.15) is 0 Å². The molecule has 0 fully saturated rings. The Kier molecular flexibility index (Phi) is 9.94. The van der Waals surface area contributed by atoms with Crippen LogP contribution in [0.25, 0.3) is 0 Å². The van der Waals surface area contributed by atoms with Crippen LogP contribution in [0.5, 0.6) is 0 Å². The Bertz CT molecular complexity index is 661. The van der Waals surface area contributed by atoms with Gasteiger partial charge < -0.3 is 9.84 Å². The monoisotopic (exact) mass is 568 g/mol. The molecule has 0 spiro atoms. The highest BCUT2D eigenvalue weighted by molar-refractivity contribution is 7.99. The quantitative estimate of drug-likeness (QED) is 0.202. The van der Waals surface area contributed by atoms with Crippen molar-refractivity contribution in [2.24, 2.45) is 0 Å². The highest BCUT2D eigenvalue weighted by atomic mass is 32.2. The molecule has 0 aromatic carbocycles. The van der Waals surface area contributed by atoms with E-state index in [-0.39, 0.29) is 30.7 Å². The van der Waals surface area contributed by atoms with Crippen molar-refractivity contribution in [2.45, 2.75) is 54.1 Å². The smallest absolute Gasteiger partial charge is 0.394 e. The Labute approximate surface area is 182 Å². The second-order valence-electron chi connectivity index (χ2n) is 6.35. The number of aliphatic hydroxyl groups excluding tert-OH is 1. The van der Waals surface area contributed by atoms with Gasteiger partial charge in [0.15, 0.2) is 0 Å². The summed E-state index contributed by atoms with van der Waals surface area (Å²) >= 11 is 0.236. The van der Waals surface area contributed by atoms with Gasteiger partial charge in [0.05, 0.1) is 19.8 Å². The lowest BCUT2D eigenvalue weighted by molar-refractivity contribution is -0.461. The Morgan fingerprint density at radius 3 is 1.26 bits per heavy atom. The summed E-state index contributed by atoms with van der Waals surface area (Å²) in [6.07, 6.45) is -10.2. The zero-order valence-corrected chi connectivity index (χ0v) is 16.7. The molecule has 20 heteroatoms. The molecule has 0 aliphatic rings. The van der Waals surface area contributed by atoms with E-state index in [1.54, 1.807) is 0 Å². The van der Waals surface area contributed by atoms with Gasteiger partial charge in [-0.05, 0) is 5.75 Å². The predicted octanol–water partition coefficient (Wildman–Crippen LogP) is 6.13. The molecule has 206 valence electrons. The van der Waals surface area contributed by atoms with Crippen LogP contribution in [0.3, 0.4) is 0 Å². The number of hydrogen-bond acceptors (Lipinski definition) is 3. The first-order valence-electron chi connectivity index (χ1n) is 8.29. The van der Waals surface area contributed by atoms with E-state index in [0.717, 1.165) is 0 Å². The molecular weight excluding hydrogens is 555 g/mol. The number of alkyl halides is 17. The largest absolute Gasteiger partial charge is 0.460 e. The van der Waals surface area contributed by atoms with Crippen molar-refractivity contribution in [3.8, 4) is 0 Å². The molecule has 0 saturated heterocycles. The highest BCUT2D eigenvalue weighted by Crippen LogP contribution is 2.64. The van der Waals surface area contributed by atoms with E-state index in [2.05, 4.69) is 4.74 Å². The Morgan fingerprint density at radius 1 is 0.500 bits per heavy atom. The molecule has 0 radical (unpaired) electrons. The summed E-state index contributed by atoms with van der Waals surface area (Å²) < 4.78 is 227. The van der Waals surface area contributed by atoms with Crippen molar-refractivity contribution in [2.75, 3.05) is 31.3 Å². The van der Waals surface area contributed by atoms with Gasteiger partial charge in [-0.2, -0.15) is 86.4 Å². The zero-order chi connectivity index (χ0) is 27.7. The standard InChI is InChI=1S/C14H13F17O2S/c15-7(16,1-5-34-6-4-33-3-2-32)8(17,18)9(19,20)10(21,22)11(23,24)12(25,26)13(27,28)14(29,30)31/h32H,1-6H2. The van der Waals surface area contributed by atoms with Crippen molar-refractivity contribution in [1.82, 2.24) is 0 Å². The molecule has 1 N–H and O–H groups in total. The SMILES string of the molecule is OCCOCCSCCC(F)(F)C(F)(F)C(F)(F)C(F)(F)C(F)(F)C(F)(F)C(F)(F)C(F)(F)F. The van der Waals surface area contributed by atoms with Crippen LogP contribution >= 0.6 is 11.8 Å². The summed E-state index contributed by atoms with van der Waals surface area (Å²) in [5.74, 6) is -57.7. The topological polar surface area (TPSA) is 29.5 Å². The van der Waals surface area contributed by atoms with E-state index < -0.39 is 66.4 Å². The van der Waals surface area contributed by atoms with E-state index in [9.17, 15) is 74.6 Å². The van der Waals surface area contributed by atoms with Crippen LogP contribution < -0.4 is 0 Å². The summed E-state index contributed by atoms with van der Waals surface area (Å²) in [6.45, 7) is -1.07. The van der Waals surface area contributed by atoms with Crippen LogP contribution in [0.1, 0.15) is 6.42 Å². The molecule has 0 rings (SSSR count). The first-order chi connectivity index (χ1) is 14.8. The van der Waals surface area contributed by atoms with E-state index in [0.29, 0.717) is 0 Å². The van der Waals surface area contributed by atoms with Crippen LogP contribution in [0.2, 0.25) is 0 Å². The van der Waals surface area contributed by atoms with Gasteiger partial charge in [0.25, 0.3) is 0 Å². The van der Waals surface area contributed by atoms with Gasteiger partial charge in [-0.1, -0.05) is 0 Å². The molecule has 0 amide bonds. The van der Waals surface area contributed by atoms with E-state index in [4.69, 9.17) is 5.11 Å². The fourth-order valence-electron chi connectivity index (χ4n) is 1.94. The average Bonchev–Trinajstić information content (AvgIpc) is 2.65. The van der Waals surface area contributed by atoms with Gasteiger partial charge in [0, 0.05) is 12.2 Å². The maximum atomic E-state index is 13.6. The highest BCUT2D eigenvalue weighted by Gasteiger charge is 2.95. The van der Waals surface area contributed by atoms with Crippen molar-refractivity contribution < 1.29 is 84.5 Å². The lowest BCUT2D eigenvalue weighted by Crippen LogP contribution is -2.74. The molecule has 0 bridgehead atoms. The normalized spacial score (nSPS) is 15.7. The Hall–Kier alpha value is -0.920. The number of thioether (sulfide) groups is 1. The fraction of sp³-hybridized carbons (Fsp3) is 1.00. The van der Waals surface area contributed by atoms with E-state index in [1.165, 1.54) is 0 Å². The van der Waals surface area contributed by atoms with Crippen molar-refractivity contribution in [3.63, 3.8) is 0 Å². The number of ether oxygens (including phenoxy) is 1. The first kappa shape index (κ1) is 33.1. The van der Waals surface area contributed by atoms with Gasteiger partial charge in [0.2, 0.25) is 0 Å². The molecule has 0 unspecified atom stereocenters. The lowest BCUT2D eigenvalue weighted by atomic mass is 9.88. The molecule has 2 nitrogen and oxygen atoms in total. The Balaban J connectivity index is 5.98. The molecule has 34 heavy (non-hydrogen) atoms. The van der Waals surface area contributed by atoms with Gasteiger partial charge in [-0.25, -0.2) is 0 Å². The zero-order valence-electron chi connectivity index (χ0n) is 15.9. The molecule has 0 aromatic rings. The molecule has 0 aliphatic heterocycles. The van der Waals surface area contributed by atoms with Gasteiger partial charge in [-0.3, -0.25) is 0 Å². The minimum Gasteiger partial charge on any atom is -0.394 e. The average molecular weight is 568 g/mol. The third kappa shape index (κ3) is 5.41. The minimum atomic E-state index is -8.61. The molecule has 0 aromatic heterocycles. The van der Waals surface area contributed by atoms with Gasteiger partial charge in [-0.15, -0.1) is 0 Å². The summed E-state index contributed by atoms with van der Waals surface area (Å²) in [4.78, 5) is 0. The number of aliphatic hydroxyl groups is 1. The summed E-state index contributed by atoms with van der Waals surface area (Å²) in [5.41, 5.74) is 0. The minimum absolute atomic E-state index is 0.236. The van der Waals surface area contributed by atoms with Crippen LogP contribution in [-0.4, -0.2) is 84.1 Å². The molecule has 0 heterocycles. The fourth-order valence-corrected chi connectivity index (χ4v) is 2.78. The van der Waals surface area contributed by atoms with Crippen LogP contribution in [0, 0.1) is 0 Å². The predicted molar refractivity (Wildman–Crippen MR) is 80.5 cm³/mol. The van der Waals surface area contributed by atoms with E-state index in [1.807, 2.05) is 0 Å². The third-order valence-corrected chi connectivity index (χ3v) is 4.90. The molecule has 0 atom stereocenters. The number of halogens is 17. The molecule has 0 saturated carbocycles. The van der Waals surface area contributed by atoms with Crippen molar-refractivity contribution in [3.05, 3.63) is 0 Å². The van der Waals surface area contributed by atoms with Crippen LogP contribution in [0.15, 0.2) is 0 Å². The maximum Gasteiger partial charge on any atom is 0.460 e. The summed E-state index contributed by atoms with van der Waals surface area (Å²) in [6, 6.07) is 0. The first-order valence-corrected chi connectivity index (χ1v) is 9.44. The second-order valence-corrected chi connectivity index (χ2v) is 7.57. The van der Waals surface area contributed by atoms with Crippen LogP contribution in [-0.2, 0) is 4.74 Å². The number of rotatable bonds is 14.